The van der Waals surface area contributed by atoms with Gasteiger partial charge in [0.15, 0.2) is 5.78 Å². The molecule has 0 bridgehead atoms. The van der Waals surface area contributed by atoms with Crippen molar-refractivity contribution < 1.29 is 14.5 Å². The molecule has 1 N–H and O–H groups in total. The van der Waals surface area contributed by atoms with Crippen molar-refractivity contribution in [3.63, 3.8) is 0 Å². The Labute approximate surface area is 169 Å². The summed E-state index contributed by atoms with van der Waals surface area (Å²) >= 11 is 0. The van der Waals surface area contributed by atoms with Gasteiger partial charge in [0, 0.05) is 17.3 Å². The number of nitro benzene ring substituents is 1. The van der Waals surface area contributed by atoms with Crippen LogP contribution in [0, 0.1) is 10.1 Å². The molecule has 6 heteroatoms. The zero-order valence-electron chi connectivity index (χ0n) is 16.5. The van der Waals surface area contributed by atoms with E-state index in [1.807, 2.05) is 26.8 Å². The molecule has 0 saturated heterocycles. The predicted molar refractivity (Wildman–Crippen MR) is 113 cm³/mol. The Morgan fingerprint density at radius 3 is 2.21 bits per heavy atom. The van der Waals surface area contributed by atoms with Gasteiger partial charge in [0.05, 0.1) is 10.5 Å². The van der Waals surface area contributed by atoms with Crippen molar-refractivity contribution in [3.8, 4) is 5.75 Å². The maximum absolute atomic E-state index is 13.0. The van der Waals surface area contributed by atoms with Crippen molar-refractivity contribution in [2.45, 2.75) is 26.4 Å². The van der Waals surface area contributed by atoms with Crippen LogP contribution in [0.2, 0.25) is 0 Å². The van der Waals surface area contributed by atoms with Crippen molar-refractivity contribution in [3.05, 3.63) is 94.0 Å². The second kappa shape index (κ2) is 8.14. The van der Waals surface area contributed by atoms with Gasteiger partial charge in [-0.15, -0.1) is 0 Å². The van der Waals surface area contributed by atoms with Crippen molar-refractivity contribution in [2.75, 3.05) is 5.32 Å². The Morgan fingerprint density at radius 2 is 1.55 bits per heavy atom. The lowest BCUT2D eigenvalue weighted by Crippen LogP contribution is -2.24. The molecule has 0 aromatic heterocycles. The number of ether oxygens (including phenoxy) is 1. The van der Waals surface area contributed by atoms with Crippen LogP contribution in [0.3, 0.4) is 0 Å². The highest BCUT2D eigenvalue weighted by molar-refractivity contribution is 6.10. The highest BCUT2D eigenvalue weighted by Gasteiger charge is 2.19. The lowest BCUT2D eigenvalue weighted by Gasteiger charge is -2.23. The van der Waals surface area contributed by atoms with Crippen LogP contribution in [0.4, 0.5) is 17.1 Å². The van der Waals surface area contributed by atoms with Gasteiger partial charge in [-0.05, 0) is 63.2 Å². The van der Waals surface area contributed by atoms with Crippen LogP contribution in [0.15, 0.2) is 72.8 Å². The summed E-state index contributed by atoms with van der Waals surface area (Å²) in [7, 11) is 0. The first kappa shape index (κ1) is 20.1. The highest BCUT2D eigenvalue weighted by atomic mass is 16.6. The summed E-state index contributed by atoms with van der Waals surface area (Å²) < 4.78 is 5.92. The fraction of sp³-hybridized carbons (Fsp3) is 0.174. The lowest BCUT2D eigenvalue weighted by molar-refractivity contribution is -0.383. The average molecular weight is 390 g/mol. The molecule has 3 rings (SSSR count). The molecule has 0 heterocycles. The maximum Gasteiger partial charge on any atom is 0.292 e. The van der Waals surface area contributed by atoms with Gasteiger partial charge in [0.25, 0.3) is 5.69 Å². The summed E-state index contributed by atoms with van der Waals surface area (Å²) in [6.07, 6.45) is 0. The van der Waals surface area contributed by atoms with Crippen LogP contribution in [0.1, 0.15) is 36.7 Å². The maximum atomic E-state index is 13.0. The van der Waals surface area contributed by atoms with Gasteiger partial charge in [-0.25, -0.2) is 0 Å². The summed E-state index contributed by atoms with van der Waals surface area (Å²) in [5, 5.41) is 14.2. The number of carbonyl (C=O) groups is 1. The number of para-hydroxylation sites is 3. The van der Waals surface area contributed by atoms with E-state index in [0.29, 0.717) is 28.3 Å². The molecule has 0 unspecified atom stereocenters. The number of nitrogens with zero attached hydrogens (tertiary/aromatic N) is 1. The first-order valence-electron chi connectivity index (χ1n) is 9.18. The van der Waals surface area contributed by atoms with Crippen LogP contribution >= 0.6 is 0 Å². The number of benzene rings is 3. The lowest BCUT2D eigenvalue weighted by atomic mass is 10.0. The van der Waals surface area contributed by atoms with E-state index in [9.17, 15) is 14.9 Å². The van der Waals surface area contributed by atoms with E-state index in [-0.39, 0.29) is 11.5 Å². The molecule has 148 valence electrons. The number of anilines is 2. The van der Waals surface area contributed by atoms with E-state index < -0.39 is 10.5 Å². The van der Waals surface area contributed by atoms with E-state index in [0.717, 1.165) is 0 Å². The van der Waals surface area contributed by atoms with Crippen molar-refractivity contribution >= 4 is 22.8 Å². The van der Waals surface area contributed by atoms with Gasteiger partial charge < -0.3 is 10.1 Å². The van der Waals surface area contributed by atoms with Crippen LogP contribution in [-0.2, 0) is 0 Å². The fourth-order valence-electron chi connectivity index (χ4n) is 2.83. The largest absolute Gasteiger partial charge is 0.487 e. The minimum absolute atomic E-state index is 0.0130. The van der Waals surface area contributed by atoms with E-state index in [2.05, 4.69) is 5.32 Å². The van der Waals surface area contributed by atoms with Crippen LogP contribution in [-0.4, -0.2) is 16.3 Å². The van der Waals surface area contributed by atoms with Gasteiger partial charge in [0.1, 0.15) is 17.0 Å². The summed E-state index contributed by atoms with van der Waals surface area (Å²) in [5.74, 6) is 0.384. The van der Waals surface area contributed by atoms with Gasteiger partial charge in [-0.2, -0.15) is 0 Å². The first-order chi connectivity index (χ1) is 13.7. The molecule has 0 saturated carbocycles. The molecule has 6 nitrogen and oxygen atoms in total. The van der Waals surface area contributed by atoms with Crippen molar-refractivity contribution in [1.29, 1.82) is 0 Å². The summed E-state index contributed by atoms with van der Waals surface area (Å²) in [4.78, 5) is 23.7. The molecule has 0 spiro atoms. The average Bonchev–Trinajstić information content (AvgIpc) is 2.67. The molecule has 0 fully saturated rings. The fourth-order valence-corrected chi connectivity index (χ4v) is 2.83. The normalized spacial score (nSPS) is 11.0. The quantitative estimate of drug-likeness (QED) is 0.329. The number of ketones is 1. The van der Waals surface area contributed by atoms with Crippen LogP contribution < -0.4 is 10.1 Å². The zero-order chi connectivity index (χ0) is 21.0. The number of carbonyl (C=O) groups excluding carboxylic acids is 1. The monoisotopic (exact) mass is 390 g/mol. The first-order valence-corrected chi connectivity index (χ1v) is 9.18. The zero-order valence-corrected chi connectivity index (χ0v) is 16.5. The number of hydrogen-bond donors (Lipinski definition) is 1. The molecule has 0 amide bonds. The molecule has 0 aliphatic heterocycles. The summed E-state index contributed by atoms with van der Waals surface area (Å²) in [6.45, 7) is 5.78. The Hall–Kier alpha value is -3.67. The van der Waals surface area contributed by atoms with Crippen LogP contribution in [0.5, 0.6) is 5.75 Å². The van der Waals surface area contributed by atoms with E-state index in [1.165, 1.54) is 6.07 Å². The van der Waals surface area contributed by atoms with E-state index >= 15 is 0 Å². The molecule has 3 aromatic rings. The third-order valence-electron chi connectivity index (χ3n) is 4.07. The topological polar surface area (TPSA) is 81.5 Å². The van der Waals surface area contributed by atoms with Crippen LogP contribution in [0.25, 0.3) is 0 Å². The number of rotatable bonds is 6. The third kappa shape index (κ3) is 4.99. The Morgan fingerprint density at radius 1 is 0.931 bits per heavy atom. The summed E-state index contributed by atoms with van der Waals surface area (Å²) in [5.41, 5.74) is 1.59. The third-order valence-corrected chi connectivity index (χ3v) is 4.07. The second-order valence-electron chi connectivity index (χ2n) is 7.52. The van der Waals surface area contributed by atoms with Gasteiger partial charge in [-0.3, -0.25) is 14.9 Å². The van der Waals surface area contributed by atoms with Gasteiger partial charge >= 0.3 is 0 Å². The highest BCUT2D eigenvalue weighted by Crippen LogP contribution is 2.28. The molecule has 0 atom stereocenters. The SMILES string of the molecule is CC(C)(C)Oc1ccccc1C(=O)c1ccc(Nc2ccccc2[N+](=O)[O-])cc1. The standard InChI is InChI=1S/C23H22N2O4/c1-23(2,3)29-21-11-7-4-8-18(21)22(26)16-12-14-17(15-13-16)24-19-9-5-6-10-20(19)25(27)28/h4-15,24H,1-3H3. The minimum Gasteiger partial charge on any atom is -0.487 e. The molecular formula is C23H22N2O4. The Kier molecular flexibility index (Phi) is 5.64. The predicted octanol–water partition coefficient (Wildman–Crippen LogP) is 5.75. The van der Waals surface area contributed by atoms with Crippen molar-refractivity contribution in [2.24, 2.45) is 0 Å². The van der Waals surface area contributed by atoms with Gasteiger partial charge in [0.2, 0.25) is 0 Å². The minimum atomic E-state index is -0.438. The van der Waals surface area contributed by atoms with E-state index in [1.54, 1.807) is 60.7 Å². The molecule has 0 aliphatic carbocycles. The molecule has 29 heavy (non-hydrogen) atoms. The van der Waals surface area contributed by atoms with Crippen molar-refractivity contribution in [1.82, 2.24) is 0 Å². The Bertz CT molecular complexity index is 1040. The summed E-state index contributed by atoms with van der Waals surface area (Å²) in [6, 6.07) is 20.4. The Balaban J connectivity index is 1.83. The molecule has 0 aliphatic rings. The molecule has 0 radical (unpaired) electrons. The number of nitrogens with one attached hydrogen (secondary N) is 1. The smallest absolute Gasteiger partial charge is 0.292 e. The molecular weight excluding hydrogens is 368 g/mol. The number of nitro groups is 1. The second-order valence-corrected chi connectivity index (χ2v) is 7.52. The van der Waals surface area contributed by atoms with Gasteiger partial charge in [-0.1, -0.05) is 24.3 Å². The molecule has 3 aromatic carbocycles. The number of hydrogen-bond acceptors (Lipinski definition) is 5. The van der Waals surface area contributed by atoms with E-state index in [4.69, 9.17) is 4.74 Å².